The lowest BCUT2D eigenvalue weighted by Gasteiger charge is -2.11. The Hall–Kier alpha value is -1.82. The van der Waals surface area contributed by atoms with Gasteiger partial charge in [0.1, 0.15) is 0 Å². The highest BCUT2D eigenvalue weighted by molar-refractivity contribution is 8.00. The molecule has 0 fully saturated rings. The van der Waals surface area contributed by atoms with Crippen LogP contribution < -0.4 is 5.32 Å². The lowest BCUT2D eigenvalue weighted by Crippen LogP contribution is -2.33. The number of carbonyl (C=O) groups excluding carboxylic acids is 1. The number of benzene rings is 1. The summed E-state index contributed by atoms with van der Waals surface area (Å²) >= 11 is 1.27. The van der Waals surface area contributed by atoms with Gasteiger partial charge < -0.3 is 9.73 Å². The maximum Gasteiger partial charge on any atom is 0.277 e. The Kier molecular flexibility index (Phi) is 5.60. The molecule has 0 aliphatic carbocycles. The predicted molar refractivity (Wildman–Crippen MR) is 87.6 cm³/mol. The van der Waals surface area contributed by atoms with E-state index in [9.17, 15) is 4.79 Å². The monoisotopic (exact) mass is 319 g/mol. The van der Waals surface area contributed by atoms with Crippen LogP contribution in [0.15, 0.2) is 33.9 Å². The Morgan fingerprint density at radius 3 is 2.68 bits per heavy atom. The Morgan fingerprint density at radius 2 is 2.00 bits per heavy atom. The summed E-state index contributed by atoms with van der Waals surface area (Å²) in [6, 6.07) is 7.83. The molecule has 1 atom stereocenters. The number of aromatic nitrogens is 2. The second kappa shape index (κ2) is 7.45. The van der Waals surface area contributed by atoms with Crippen LogP contribution in [0.4, 0.5) is 0 Å². The van der Waals surface area contributed by atoms with Crippen LogP contribution in [0.2, 0.25) is 0 Å². The van der Waals surface area contributed by atoms with E-state index in [-0.39, 0.29) is 11.2 Å². The van der Waals surface area contributed by atoms with E-state index < -0.39 is 0 Å². The number of aryl methyl sites for hydroxylation is 1. The van der Waals surface area contributed by atoms with Gasteiger partial charge in [-0.3, -0.25) is 4.79 Å². The summed E-state index contributed by atoms with van der Waals surface area (Å²) in [4.78, 5) is 12.0. The molecule has 1 heterocycles. The highest BCUT2D eigenvalue weighted by atomic mass is 32.2. The minimum Gasteiger partial charge on any atom is -0.411 e. The first kappa shape index (κ1) is 16.5. The van der Waals surface area contributed by atoms with E-state index in [1.807, 2.05) is 38.1 Å². The lowest BCUT2D eigenvalue weighted by molar-refractivity contribution is -0.120. The van der Waals surface area contributed by atoms with E-state index in [0.29, 0.717) is 23.6 Å². The highest BCUT2D eigenvalue weighted by Gasteiger charge is 2.19. The number of carbonyl (C=O) groups is 1. The lowest BCUT2D eigenvalue weighted by atomic mass is 10.1. The fourth-order valence-corrected chi connectivity index (χ4v) is 2.54. The molecular weight excluding hydrogens is 298 g/mol. The first-order valence-corrected chi connectivity index (χ1v) is 8.19. The van der Waals surface area contributed by atoms with Crippen LogP contribution in [-0.4, -0.2) is 27.9 Å². The van der Waals surface area contributed by atoms with Gasteiger partial charge in [-0.1, -0.05) is 43.8 Å². The van der Waals surface area contributed by atoms with E-state index in [4.69, 9.17) is 4.42 Å². The van der Waals surface area contributed by atoms with Gasteiger partial charge in [-0.15, -0.1) is 10.2 Å². The Labute approximate surface area is 134 Å². The maximum atomic E-state index is 12.0. The molecule has 1 aromatic carbocycles. The van der Waals surface area contributed by atoms with Gasteiger partial charge in [-0.05, 0) is 31.4 Å². The third-order valence-electron chi connectivity index (χ3n) is 3.11. The van der Waals surface area contributed by atoms with Crippen molar-refractivity contribution in [1.29, 1.82) is 0 Å². The van der Waals surface area contributed by atoms with Gasteiger partial charge in [0.2, 0.25) is 11.8 Å². The summed E-state index contributed by atoms with van der Waals surface area (Å²) < 4.78 is 5.66. The van der Waals surface area contributed by atoms with E-state index in [1.54, 1.807) is 0 Å². The van der Waals surface area contributed by atoms with Crippen molar-refractivity contribution in [3.63, 3.8) is 0 Å². The van der Waals surface area contributed by atoms with Crippen LogP contribution in [0.1, 0.15) is 26.3 Å². The molecule has 22 heavy (non-hydrogen) atoms. The molecule has 0 saturated carbocycles. The number of amides is 1. The van der Waals surface area contributed by atoms with E-state index in [1.165, 1.54) is 11.8 Å². The summed E-state index contributed by atoms with van der Waals surface area (Å²) in [5.74, 6) is 0.891. The van der Waals surface area contributed by atoms with Crippen LogP contribution in [0.3, 0.4) is 0 Å². The predicted octanol–water partition coefficient (Wildman–Crippen LogP) is 3.30. The summed E-state index contributed by atoms with van der Waals surface area (Å²) in [7, 11) is 0. The zero-order valence-electron chi connectivity index (χ0n) is 13.3. The Bertz CT molecular complexity index is 640. The summed E-state index contributed by atoms with van der Waals surface area (Å²) in [6.45, 7) is 8.61. The molecule has 0 saturated heterocycles. The van der Waals surface area contributed by atoms with E-state index >= 15 is 0 Å². The molecule has 0 radical (unpaired) electrons. The molecule has 0 spiro atoms. The van der Waals surface area contributed by atoms with Gasteiger partial charge in [0.15, 0.2) is 0 Å². The summed E-state index contributed by atoms with van der Waals surface area (Å²) in [5.41, 5.74) is 1.99. The van der Waals surface area contributed by atoms with Gasteiger partial charge in [0, 0.05) is 12.1 Å². The van der Waals surface area contributed by atoms with Crippen molar-refractivity contribution in [3.05, 3.63) is 29.8 Å². The van der Waals surface area contributed by atoms with E-state index in [0.717, 1.165) is 11.1 Å². The zero-order valence-corrected chi connectivity index (χ0v) is 14.1. The third-order valence-corrected chi connectivity index (χ3v) is 4.05. The fourth-order valence-electron chi connectivity index (χ4n) is 1.83. The number of nitrogens with zero attached hydrogens (tertiary/aromatic N) is 2. The zero-order chi connectivity index (χ0) is 16.1. The van der Waals surface area contributed by atoms with Crippen LogP contribution in [0.5, 0.6) is 0 Å². The molecule has 2 rings (SSSR count). The van der Waals surface area contributed by atoms with E-state index in [2.05, 4.69) is 29.4 Å². The Balaban J connectivity index is 2.00. The summed E-state index contributed by atoms with van der Waals surface area (Å²) in [5, 5.41) is 11.1. The SMILES string of the molecule is Cc1ccccc1-c1nnc(S[C@H](C)C(=O)NCC(C)C)o1. The number of rotatable bonds is 6. The normalized spacial score (nSPS) is 12.4. The molecule has 5 nitrogen and oxygen atoms in total. The molecule has 118 valence electrons. The summed E-state index contributed by atoms with van der Waals surface area (Å²) in [6.07, 6.45) is 0. The minimum atomic E-state index is -0.274. The molecule has 1 amide bonds. The van der Waals surface area contributed by atoms with Crippen LogP contribution in [0.25, 0.3) is 11.5 Å². The van der Waals surface area contributed by atoms with Crippen molar-refractivity contribution in [2.45, 2.75) is 38.2 Å². The maximum absolute atomic E-state index is 12.0. The van der Waals surface area contributed by atoms with Gasteiger partial charge in [-0.2, -0.15) is 0 Å². The largest absolute Gasteiger partial charge is 0.411 e. The molecule has 2 aromatic rings. The molecule has 1 N–H and O–H groups in total. The van der Waals surface area contributed by atoms with Gasteiger partial charge in [0.25, 0.3) is 5.22 Å². The molecule has 0 bridgehead atoms. The molecule has 6 heteroatoms. The molecule has 0 aliphatic heterocycles. The number of thioether (sulfide) groups is 1. The quantitative estimate of drug-likeness (QED) is 0.827. The minimum absolute atomic E-state index is 0.0191. The van der Waals surface area contributed by atoms with Crippen molar-refractivity contribution in [2.24, 2.45) is 5.92 Å². The van der Waals surface area contributed by atoms with Crippen molar-refractivity contribution in [3.8, 4) is 11.5 Å². The number of hydrogen-bond donors (Lipinski definition) is 1. The number of nitrogens with one attached hydrogen (secondary N) is 1. The van der Waals surface area contributed by atoms with Gasteiger partial charge in [-0.25, -0.2) is 0 Å². The molecular formula is C16H21N3O2S. The number of hydrogen-bond acceptors (Lipinski definition) is 5. The molecule has 0 unspecified atom stereocenters. The first-order chi connectivity index (χ1) is 10.5. The van der Waals surface area contributed by atoms with Crippen LogP contribution >= 0.6 is 11.8 Å². The molecule has 0 aliphatic rings. The standard InChI is InChI=1S/C16H21N3O2S/c1-10(2)9-17-14(20)12(4)22-16-19-18-15(21-16)13-8-6-5-7-11(13)3/h5-8,10,12H,9H2,1-4H3,(H,17,20)/t12-/m1/s1. The Morgan fingerprint density at radius 1 is 1.27 bits per heavy atom. The second-order valence-corrected chi connectivity index (χ2v) is 6.88. The van der Waals surface area contributed by atoms with Gasteiger partial charge in [0.05, 0.1) is 5.25 Å². The topological polar surface area (TPSA) is 68.0 Å². The van der Waals surface area contributed by atoms with Gasteiger partial charge >= 0.3 is 0 Å². The average Bonchev–Trinajstić information content (AvgIpc) is 2.93. The van der Waals surface area contributed by atoms with Crippen LogP contribution in [0, 0.1) is 12.8 Å². The smallest absolute Gasteiger partial charge is 0.277 e. The third kappa shape index (κ3) is 4.34. The van der Waals surface area contributed by atoms with Crippen molar-refractivity contribution < 1.29 is 9.21 Å². The van der Waals surface area contributed by atoms with Crippen LogP contribution in [-0.2, 0) is 4.79 Å². The van der Waals surface area contributed by atoms with Crippen molar-refractivity contribution >= 4 is 17.7 Å². The molecule has 1 aromatic heterocycles. The first-order valence-electron chi connectivity index (χ1n) is 7.31. The highest BCUT2D eigenvalue weighted by Crippen LogP contribution is 2.27. The van der Waals surface area contributed by atoms with Crippen molar-refractivity contribution in [1.82, 2.24) is 15.5 Å². The fraction of sp³-hybridized carbons (Fsp3) is 0.438. The average molecular weight is 319 g/mol. The van der Waals surface area contributed by atoms with Crippen molar-refractivity contribution in [2.75, 3.05) is 6.54 Å². The second-order valence-electron chi connectivity index (χ2n) is 5.59.